The first-order chi connectivity index (χ1) is 10.1. The molecule has 1 amide bonds. The Balaban J connectivity index is 1.71. The Kier molecular flexibility index (Phi) is 6.26. The van der Waals surface area contributed by atoms with Gasteiger partial charge in [0.15, 0.2) is 0 Å². The normalized spacial score (nSPS) is 10.4. The Hall–Kier alpha value is -1.33. The molecule has 0 fully saturated rings. The Morgan fingerprint density at radius 1 is 1.19 bits per heavy atom. The zero-order valence-electron chi connectivity index (χ0n) is 11.3. The van der Waals surface area contributed by atoms with Crippen LogP contribution in [0.15, 0.2) is 53.0 Å². The third kappa shape index (κ3) is 5.52. The number of thioether (sulfide) groups is 1. The molecule has 0 saturated heterocycles. The summed E-state index contributed by atoms with van der Waals surface area (Å²) < 4.78 is 13.7. The summed E-state index contributed by atoms with van der Waals surface area (Å²) in [6.45, 7) is 0. The molecule has 0 aliphatic rings. The van der Waals surface area contributed by atoms with Gasteiger partial charge in [0.25, 0.3) is 0 Å². The fraction of sp³-hybridized carbons (Fsp3) is 0.188. The number of para-hydroxylation sites is 1. The van der Waals surface area contributed by atoms with Crippen molar-refractivity contribution in [1.82, 2.24) is 0 Å². The van der Waals surface area contributed by atoms with Gasteiger partial charge in [0.2, 0.25) is 5.91 Å². The quantitative estimate of drug-likeness (QED) is 0.739. The molecule has 0 unspecified atom stereocenters. The standard InChI is InChI=1S/C16H15BrFNOS/c17-15-10-13(18)7-6-12(15)11-21-9-8-16(20)19-14-4-2-1-3-5-14/h1-7,10H,8-9,11H2,(H,19,20). The van der Waals surface area contributed by atoms with E-state index in [4.69, 9.17) is 0 Å². The smallest absolute Gasteiger partial charge is 0.225 e. The maximum Gasteiger partial charge on any atom is 0.225 e. The van der Waals surface area contributed by atoms with Crippen molar-refractivity contribution in [3.63, 3.8) is 0 Å². The van der Waals surface area contributed by atoms with Crippen molar-refractivity contribution in [3.05, 3.63) is 64.4 Å². The zero-order chi connectivity index (χ0) is 15.1. The van der Waals surface area contributed by atoms with Crippen LogP contribution in [-0.2, 0) is 10.5 Å². The predicted octanol–water partition coefficient (Wildman–Crippen LogP) is 4.85. The van der Waals surface area contributed by atoms with Crippen molar-refractivity contribution < 1.29 is 9.18 Å². The van der Waals surface area contributed by atoms with Crippen molar-refractivity contribution in [2.24, 2.45) is 0 Å². The summed E-state index contributed by atoms with van der Waals surface area (Å²) in [4.78, 5) is 11.8. The number of carbonyl (C=O) groups is 1. The van der Waals surface area contributed by atoms with E-state index in [-0.39, 0.29) is 11.7 Å². The second kappa shape index (κ2) is 8.20. The van der Waals surface area contributed by atoms with Crippen LogP contribution in [0.4, 0.5) is 10.1 Å². The molecule has 2 rings (SSSR count). The summed E-state index contributed by atoms with van der Waals surface area (Å²) in [5.41, 5.74) is 1.85. The minimum Gasteiger partial charge on any atom is -0.326 e. The van der Waals surface area contributed by atoms with Crippen LogP contribution >= 0.6 is 27.7 Å². The van der Waals surface area contributed by atoms with Gasteiger partial charge in [0.1, 0.15) is 5.82 Å². The number of hydrogen-bond acceptors (Lipinski definition) is 2. The van der Waals surface area contributed by atoms with Crippen LogP contribution < -0.4 is 5.32 Å². The van der Waals surface area contributed by atoms with Gasteiger partial charge in [-0.15, -0.1) is 0 Å². The number of nitrogens with one attached hydrogen (secondary N) is 1. The topological polar surface area (TPSA) is 29.1 Å². The zero-order valence-corrected chi connectivity index (χ0v) is 13.7. The fourth-order valence-electron chi connectivity index (χ4n) is 1.73. The number of benzene rings is 2. The number of halogens is 2. The van der Waals surface area contributed by atoms with Crippen LogP contribution in [0.2, 0.25) is 0 Å². The van der Waals surface area contributed by atoms with Gasteiger partial charge in [-0.1, -0.05) is 40.2 Å². The van der Waals surface area contributed by atoms with E-state index in [2.05, 4.69) is 21.2 Å². The monoisotopic (exact) mass is 367 g/mol. The summed E-state index contributed by atoms with van der Waals surface area (Å²) in [6, 6.07) is 14.1. The molecule has 0 saturated carbocycles. The highest BCUT2D eigenvalue weighted by Gasteiger charge is 2.04. The minimum absolute atomic E-state index is 0.00636. The fourth-order valence-corrected chi connectivity index (χ4v) is 3.35. The van der Waals surface area contributed by atoms with Gasteiger partial charge >= 0.3 is 0 Å². The molecule has 0 aliphatic heterocycles. The number of carbonyl (C=O) groups excluding carboxylic acids is 1. The van der Waals surface area contributed by atoms with Crippen LogP contribution in [0.25, 0.3) is 0 Å². The number of rotatable bonds is 6. The first kappa shape index (κ1) is 16.0. The molecule has 0 atom stereocenters. The summed E-state index contributed by atoms with van der Waals surface area (Å²) >= 11 is 4.99. The van der Waals surface area contributed by atoms with Gasteiger partial charge in [-0.3, -0.25) is 4.79 Å². The van der Waals surface area contributed by atoms with Crippen molar-refractivity contribution in [2.75, 3.05) is 11.1 Å². The molecular weight excluding hydrogens is 353 g/mol. The highest BCUT2D eigenvalue weighted by molar-refractivity contribution is 9.10. The number of amides is 1. The van der Waals surface area contributed by atoms with Crippen molar-refractivity contribution in [2.45, 2.75) is 12.2 Å². The lowest BCUT2D eigenvalue weighted by Crippen LogP contribution is -2.12. The van der Waals surface area contributed by atoms with Gasteiger partial charge in [0.05, 0.1) is 0 Å². The van der Waals surface area contributed by atoms with E-state index in [0.717, 1.165) is 27.2 Å². The maximum absolute atomic E-state index is 13.0. The van der Waals surface area contributed by atoms with Crippen LogP contribution in [0, 0.1) is 5.82 Å². The van der Waals surface area contributed by atoms with Gasteiger partial charge < -0.3 is 5.32 Å². The van der Waals surface area contributed by atoms with E-state index in [0.29, 0.717) is 6.42 Å². The second-order valence-corrected chi connectivity index (χ2v) is 6.41. The lowest BCUT2D eigenvalue weighted by Gasteiger charge is -2.06. The summed E-state index contributed by atoms with van der Waals surface area (Å²) in [6.07, 6.45) is 0.457. The molecule has 0 aromatic heterocycles. The Morgan fingerprint density at radius 2 is 1.95 bits per heavy atom. The first-order valence-corrected chi connectivity index (χ1v) is 8.46. The Bertz CT molecular complexity index is 606. The van der Waals surface area contributed by atoms with E-state index < -0.39 is 0 Å². The van der Waals surface area contributed by atoms with Crippen LogP contribution in [0.1, 0.15) is 12.0 Å². The summed E-state index contributed by atoms with van der Waals surface area (Å²) in [7, 11) is 0. The largest absolute Gasteiger partial charge is 0.326 e. The highest BCUT2D eigenvalue weighted by Crippen LogP contribution is 2.23. The number of hydrogen-bond donors (Lipinski definition) is 1. The lowest BCUT2D eigenvalue weighted by molar-refractivity contribution is -0.115. The van der Waals surface area contributed by atoms with Gasteiger partial charge in [-0.05, 0) is 29.8 Å². The average Bonchev–Trinajstić information content (AvgIpc) is 2.46. The third-order valence-electron chi connectivity index (χ3n) is 2.80. The van der Waals surface area contributed by atoms with Gasteiger partial charge in [-0.2, -0.15) is 11.8 Å². The molecule has 2 aromatic rings. The van der Waals surface area contributed by atoms with Crippen LogP contribution in [-0.4, -0.2) is 11.7 Å². The van der Waals surface area contributed by atoms with Crippen molar-refractivity contribution in [3.8, 4) is 0 Å². The predicted molar refractivity (Wildman–Crippen MR) is 90.0 cm³/mol. The molecule has 2 nitrogen and oxygen atoms in total. The SMILES string of the molecule is O=C(CCSCc1ccc(F)cc1Br)Nc1ccccc1. The van der Waals surface area contributed by atoms with E-state index in [1.54, 1.807) is 17.8 Å². The molecule has 2 aromatic carbocycles. The number of anilines is 1. The van der Waals surface area contributed by atoms with Crippen molar-refractivity contribution >= 4 is 39.3 Å². The Labute approximate surface area is 136 Å². The average molecular weight is 368 g/mol. The summed E-state index contributed by atoms with van der Waals surface area (Å²) in [5, 5.41) is 2.85. The maximum atomic E-state index is 13.0. The second-order valence-electron chi connectivity index (χ2n) is 4.45. The van der Waals surface area contributed by atoms with Gasteiger partial charge in [0, 0.05) is 28.1 Å². The van der Waals surface area contributed by atoms with E-state index in [1.165, 1.54) is 12.1 Å². The van der Waals surface area contributed by atoms with Crippen LogP contribution in [0.5, 0.6) is 0 Å². The molecular formula is C16H15BrFNOS. The molecule has 0 aliphatic carbocycles. The molecule has 1 N–H and O–H groups in total. The molecule has 0 bridgehead atoms. The first-order valence-electron chi connectivity index (χ1n) is 6.52. The van der Waals surface area contributed by atoms with E-state index in [9.17, 15) is 9.18 Å². The molecule has 110 valence electrons. The molecule has 21 heavy (non-hydrogen) atoms. The third-order valence-corrected chi connectivity index (χ3v) is 4.55. The summed E-state index contributed by atoms with van der Waals surface area (Å²) in [5.74, 6) is 1.23. The molecule has 5 heteroatoms. The van der Waals surface area contributed by atoms with Crippen LogP contribution in [0.3, 0.4) is 0 Å². The molecule has 0 spiro atoms. The highest BCUT2D eigenvalue weighted by atomic mass is 79.9. The van der Waals surface area contributed by atoms with Crippen molar-refractivity contribution in [1.29, 1.82) is 0 Å². The Morgan fingerprint density at radius 3 is 2.67 bits per heavy atom. The lowest BCUT2D eigenvalue weighted by atomic mass is 10.2. The molecule has 0 radical (unpaired) electrons. The van der Waals surface area contributed by atoms with E-state index >= 15 is 0 Å². The van der Waals surface area contributed by atoms with E-state index in [1.807, 2.05) is 30.3 Å². The molecule has 0 heterocycles. The van der Waals surface area contributed by atoms with Gasteiger partial charge in [-0.25, -0.2) is 4.39 Å². The minimum atomic E-state index is -0.252.